The zero-order valence-corrected chi connectivity index (χ0v) is 12.6. The van der Waals surface area contributed by atoms with Crippen molar-refractivity contribution in [2.45, 2.75) is 25.5 Å². The van der Waals surface area contributed by atoms with Gasteiger partial charge >= 0.3 is 0 Å². The van der Waals surface area contributed by atoms with Crippen LogP contribution >= 0.6 is 27.3 Å². The Morgan fingerprint density at radius 3 is 2.65 bits per heavy atom. The molecule has 96 valence electrons. The van der Waals surface area contributed by atoms with Crippen molar-refractivity contribution in [2.75, 3.05) is 26.3 Å². The molecule has 1 aliphatic heterocycles. The fraction of sp³-hybridized carbons (Fsp3) is 0.667. The molecule has 1 fully saturated rings. The summed E-state index contributed by atoms with van der Waals surface area (Å²) in [7, 11) is 0. The number of rotatable bonds is 3. The predicted molar refractivity (Wildman–Crippen MR) is 73.4 cm³/mol. The van der Waals surface area contributed by atoms with Gasteiger partial charge in [0.2, 0.25) is 0 Å². The van der Waals surface area contributed by atoms with Gasteiger partial charge in [0.1, 0.15) is 6.10 Å². The Hall–Kier alpha value is 0.0600. The lowest BCUT2D eigenvalue weighted by Crippen LogP contribution is -2.53. The van der Waals surface area contributed by atoms with Crippen LogP contribution in [0.5, 0.6) is 0 Å². The minimum atomic E-state index is -0.477. The SMILES string of the molecule is CC(C)(C(O)c1sccc1Br)N1CCOCC1. The Balaban J connectivity index is 2.16. The van der Waals surface area contributed by atoms with Gasteiger partial charge in [0.15, 0.2) is 0 Å². The van der Waals surface area contributed by atoms with Gasteiger partial charge in [0.25, 0.3) is 0 Å². The smallest absolute Gasteiger partial charge is 0.107 e. The Bertz CT molecular complexity index is 374. The molecule has 1 atom stereocenters. The zero-order valence-electron chi connectivity index (χ0n) is 10.1. The van der Waals surface area contributed by atoms with Crippen molar-refractivity contribution in [2.24, 2.45) is 0 Å². The minimum absolute atomic E-state index is 0.267. The van der Waals surface area contributed by atoms with Gasteiger partial charge < -0.3 is 9.84 Å². The van der Waals surface area contributed by atoms with Crippen LogP contribution in [0.15, 0.2) is 15.9 Å². The zero-order chi connectivity index (χ0) is 12.5. The summed E-state index contributed by atoms with van der Waals surface area (Å²) in [5.41, 5.74) is -0.267. The monoisotopic (exact) mass is 319 g/mol. The van der Waals surface area contributed by atoms with Crippen molar-refractivity contribution in [3.63, 3.8) is 0 Å². The van der Waals surface area contributed by atoms with E-state index in [2.05, 4.69) is 34.7 Å². The van der Waals surface area contributed by atoms with Crippen molar-refractivity contribution in [1.29, 1.82) is 0 Å². The van der Waals surface area contributed by atoms with E-state index in [1.165, 1.54) is 0 Å². The summed E-state index contributed by atoms with van der Waals surface area (Å²) < 4.78 is 6.36. The molecule has 0 saturated carbocycles. The van der Waals surface area contributed by atoms with Crippen LogP contribution in [0.2, 0.25) is 0 Å². The van der Waals surface area contributed by atoms with Gasteiger partial charge in [-0.05, 0) is 41.2 Å². The van der Waals surface area contributed by atoms with Crippen LogP contribution in [0.3, 0.4) is 0 Å². The Labute approximate surface area is 115 Å². The van der Waals surface area contributed by atoms with E-state index in [0.29, 0.717) is 0 Å². The molecule has 1 aromatic rings. The quantitative estimate of drug-likeness (QED) is 0.929. The lowest BCUT2D eigenvalue weighted by Gasteiger charge is -2.43. The maximum Gasteiger partial charge on any atom is 0.107 e. The van der Waals surface area contributed by atoms with Gasteiger partial charge in [0.05, 0.1) is 13.2 Å². The Kier molecular flexibility index (Phi) is 4.26. The number of hydrogen-bond donors (Lipinski definition) is 1. The fourth-order valence-electron chi connectivity index (χ4n) is 2.13. The molecule has 0 bridgehead atoms. The third-order valence-electron chi connectivity index (χ3n) is 3.39. The van der Waals surface area contributed by atoms with E-state index in [9.17, 15) is 5.11 Å². The molecule has 1 saturated heterocycles. The second kappa shape index (κ2) is 5.36. The van der Waals surface area contributed by atoms with E-state index >= 15 is 0 Å². The van der Waals surface area contributed by atoms with Crippen molar-refractivity contribution >= 4 is 27.3 Å². The van der Waals surface area contributed by atoms with Gasteiger partial charge in [-0.15, -0.1) is 11.3 Å². The van der Waals surface area contributed by atoms with Crippen molar-refractivity contribution in [3.05, 3.63) is 20.8 Å². The van der Waals surface area contributed by atoms with Crippen LogP contribution < -0.4 is 0 Å². The molecule has 1 unspecified atom stereocenters. The van der Waals surface area contributed by atoms with Gasteiger partial charge in [0, 0.05) is 28.0 Å². The van der Waals surface area contributed by atoms with Gasteiger partial charge in [-0.3, -0.25) is 4.90 Å². The summed E-state index contributed by atoms with van der Waals surface area (Å²) in [6.07, 6.45) is -0.477. The second-order valence-corrected chi connectivity index (χ2v) is 6.59. The van der Waals surface area contributed by atoms with Crippen LogP contribution in [0, 0.1) is 0 Å². The van der Waals surface area contributed by atoms with Crippen molar-refractivity contribution < 1.29 is 9.84 Å². The summed E-state index contributed by atoms with van der Waals surface area (Å²) in [5, 5.41) is 12.6. The number of ether oxygens (including phenoxy) is 1. The number of hydrogen-bond acceptors (Lipinski definition) is 4. The molecular formula is C12H18BrNO2S. The molecule has 1 aromatic heterocycles. The molecule has 17 heavy (non-hydrogen) atoms. The average Bonchev–Trinajstić information content (AvgIpc) is 2.75. The van der Waals surface area contributed by atoms with Gasteiger partial charge in [-0.25, -0.2) is 0 Å². The molecule has 0 radical (unpaired) electrons. The molecule has 0 aromatic carbocycles. The largest absolute Gasteiger partial charge is 0.386 e. The average molecular weight is 320 g/mol. The second-order valence-electron chi connectivity index (χ2n) is 4.79. The molecule has 0 aliphatic carbocycles. The van der Waals surface area contributed by atoms with Crippen molar-refractivity contribution in [3.8, 4) is 0 Å². The summed E-state index contributed by atoms with van der Waals surface area (Å²) in [4.78, 5) is 3.30. The molecule has 2 rings (SSSR count). The third kappa shape index (κ3) is 2.74. The predicted octanol–water partition coefficient (Wildman–Crippen LogP) is 2.65. The number of morpholine rings is 1. The molecular weight excluding hydrogens is 302 g/mol. The normalized spacial score (nSPS) is 20.5. The number of thiophene rings is 1. The molecule has 3 nitrogen and oxygen atoms in total. The van der Waals surface area contributed by atoms with Gasteiger partial charge in [-0.2, -0.15) is 0 Å². The molecule has 2 heterocycles. The first-order valence-corrected chi connectivity index (χ1v) is 7.44. The van der Waals surface area contributed by atoms with Crippen LogP contribution in [0.1, 0.15) is 24.8 Å². The van der Waals surface area contributed by atoms with E-state index in [0.717, 1.165) is 35.7 Å². The van der Waals surface area contributed by atoms with Crippen LogP contribution in [-0.4, -0.2) is 41.8 Å². The number of aliphatic hydroxyl groups excluding tert-OH is 1. The summed E-state index contributed by atoms with van der Waals surface area (Å²) >= 11 is 5.08. The number of halogens is 1. The molecule has 5 heteroatoms. The van der Waals surface area contributed by atoms with E-state index in [4.69, 9.17) is 4.74 Å². The van der Waals surface area contributed by atoms with E-state index < -0.39 is 6.10 Å². The maximum atomic E-state index is 10.6. The van der Waals surface area contributed by atoms with E-state index in [1.54, 1.807) is 11.3 Å². The summed E-state index contributed by atoms with van der Waals surface area (Å²) in [5.74, 6) is 0. The molecule has 0 amide bonds. The maximum absolute atomic E-state index is 10.6. The first-order valence-electron chi connectivity index (χ1n) is 5.77. The topological polar surface area (TPSA) is 32.7 Å². The first-order chi connectivity index (χ1) is 8.03. The molecule has 1 N–H and O–H groups in total. The summed E-state index contributed by atoms with van der Waals surface area (Å²) in [6.45, 7) is 7.45. The Morgan fingerprint density at radius 1 is 1.47 bits per heavy atom. The first kappa shape index (κ1) is 13.5. The molecule has 1 aliphatic rings. The third-order valence-corrected chi connectivity index (χ3v) is 5.31. The van der Waals surface area contributed by atoms with Crippen LogP contribution in [0.4, 0.5) is 0 Å². The molecule has 0 spiro atoms. The summed E-state index contributed by atoms with van der Waals surface area (Å²) in [6, 6.07) is 1.98. The highest BCUT2D eigenvalue weighted by atomic mass is 79.9. The van der Waals surface area contributed by atoms with Crippen LogP contribution in [-0.2, 0) is 4.74 Å². The highest BCUT2D eigenvalue weighted by molar-refractivity contribution is 9.10. The lowest BCUT2D eigenvalue weighted by atomic mass is 9.93. The number of aliphatic hydroxyl groups is 1. The fourth-order valence-corrected chi connectivity index (χ4v) is 3.89. The standard InChI is InChI=1S/C12H18BrNO2S/c1-12(2,14-4-6-16-7-5-14)11(15)10-9(13)3-8-17-10/h3,8,11,15H,4-7H2,1-2H3. The van der Waals surface area contributed by atoms with Crippen LogP contribution in [0.25, 0.3) is 0 Å². The van der Waals surface area contributed by atoms with Crippen molar-refractivity contribution in [1.82, 2.24) is 4.90 Å². The van der Waals surface area contributed by atoms with E-state index in [1.807, 2.05) is 11.4 Å². The van der Waals surface area contributed by atoms with E-state index in [-0.39, 0.29) is 5.54 Å². The van der Waals surface area contributed by atoms with Gasteiger partial charge in [-0.1, -0.05) is 0 Å². The number of nitrogens with zero attached hydrogens (tertiary/aromatic N) is 1. The lowest BCUT2D eigenvalue weighted by molar-refractivity contribution is -0.0621. The minimum Gasteiger partial charge on any atom is -0.386 e. The Morgan fingerprint density at radius 2 is 2.12 bits per heavy atom. The highest BCUT2D eigenvalue weighted by Crippen LogP contribution is 2.38. The highest BCUT2D eigenvalue weighted by Gasteiger charge is 2.37.